The Kier molecular flexibility index (Phi) is 13.5. The van der Waals surface area contributed by atoms with Crippen molar-refractivity contribution in [3.05, 3.63) is 120 Å². The molecule has 322 valence electrons. The fourth-order valence-electron chi connectivity index (χ4n) is 8.12. The van der Waals surface area contributed by atoms with Crippen LogP contribution in [-0.2, 0) is 28.8 Å². The van der Waals surface area contributed by atoms with E-state index in [-0.39, 0.29) is 16.8 Å². The lowest BCUT2D eigenvalue weighted by atomic mass is 9.78. The van der Waals surface area contributed by atoms with Crippen LogP contribution in [0.2, 0.25) is 0 Å². The third-order valence-corrected chi connectivity index (χ3v) is 13.3. The van der Waals surface area contributed by atoms with Crippen LogP contribution in [0.5, 0.6) is 0 Å². The van der Waals surface area contributed by atoms with Gasteiger partial charge in [-0.3, -0.25) is 4.79 Å². The number of nitrogens with zero attached hydrogens (tertiary/aromatic N) is 1. The van der Waals surface area contributed by atoms with E-state index in [1.807, 2.05) is 54.6 Å². The number of anilines is 1. The fraction of sp³-hybridized carbons (Fsp3) is 0.419. The Hall–Kier alpha value is -4.21. The van der Waals surface area contributed by atoms with Crippen LogP contribution >= 0.6 is 0 Å². The molecule has 0 aliphatic carbocycles. The van der Waals surface area contributed by atoms with Crippen LogP contribution in [0.25, 0.3) is 11.1 Å². The Morgan fingerprint density at radius 3 is 1.92 bits per heavy atom. The zero-order chi connectivity index (χ0) is 42.9. The number of halogens is 1. The molecule has 0 spiro atoms. The summed E-state index contributed by atoms with van der Waals surface area (Å²) in [6.07, 6.45) is -16.8. The maximum absolute atomic E-state index is 13.6. The molecule has 3 fully saturated rings. The number of aliphatic hydroxyl groups excluding tert-OH is 8. The molecule has 0 aromatic heterocycles. The maximum Gasteiger partial charge on any atom is 0.233 e. The Morgan fingerprint density at radius 1 is 0.700 bits per heavy atom. The SMILES string of the molecule is O=C1[C@H](CC[C@H](O)c2ccc(F)cc2)[C@@H](c2ccc(-c3ccc(S(=O)(=O)C[C@@H]4OC(CO)[C@@H](O[C@@H]5OC(CO)[C@@H](O)[C@H](O)C5O)[C@H](O)C4O)cc3)cc2)N1c1ccccc1. The normalized spacial score (nSPS) is 31.4. The van der Waals surface area contributed by atoms with Crippen molar-refractivity contribution in [3.8, 4) is 11.1 Å². The lowest BCUT2D eigenvalue weighted by Gasteiger charge is -2.48. The molecule has 1 amide bonds. The second kappa shape index (κ2) is 18.4. The van der Waals surface area contributed by atoms with E-state index < -0.39 is 108 Å². The molecule has 4 aromatic rings. The van der Waals surface area contributed by atoms with Gasteiger partial charge < -0.3 is 60.0 Å². The summed E-state index contributed by atoms with van der Waals surface area (Å²) in [6, 6.07) is 28.1. The number of carbonyl (C=O) groups is 1. The average molecular weight is 854 g/mol. The molecule has 4 unspecified atom stereocenters. The van der Waals surface area contributed by atoms with Crippen LogP contribution in [0, 0.1) is 11.7 Å². The summed E-state index contributed by atoms with van der Waals surface area (Å²) in [7, 11) is -4.16. The van der Waals surface area contributed by atoms with Gasteiger partial charge in [-0.2, -0.15) is 0 Å². The minimum atomic E-state index is -4.16. The molecule has 7 rings (SSSR count). The van der Waals surface area contributed by atoms with Gasteiger partial charge in [-0.25, -0.2) is 12.8 Å². The van der Waals surface area contributed by atoms with E-state index in [0.717, 1.165) is 16.8 Å². The first-order chi connectivity index (χ1) is 28.7. The summed E-state index contributed by atoms with van der Waals surface area (Å²) in [4.78, 5) is 15.2. The zero-order valence-electron chi connectivity index (χ0n) is 32.1. The molecule has 60 heavy (non-hydrogen) atoms. The van der Waals surface area contributed by atoms with Crippen molar-refractivity contribution in [2.75, 3.05) is 23.9 Å². The van der Waals surface area contributed by atoms with Crippen LogP contribution in [0.1, 0.15) is 36.1 Å². The van der Waals surface area contributed by atoms with Gasteiger partial charge in [0, 0.05) is 5.69 Å². The molecule has 17 heteroatoms. The summed E-state index contributed by atoms with van der Waals surface area (Å²) in [6.45, 7) is -1.56. The van der Waals surface area contributed by atoms with E-state index in [1.54, 1.807) is 17.0 Å². The fourth-order valence-corrected chi connectivity index (χ4v) is 9.57. The number of rotatable bonds is 14. The molecule has 3 heterocycles. The van der Waals surface area contributed by atoms with Gasteiger partial charge in [0.25, 0.3) is 0 Å². The van der Waals surface area contributed by atoms with Crippen LogP contribution in [0.3, 0.4) is 0 Å². The summed E-state index contributed by atoms with van der Waals surface area (Å²) >= 11 is 0. The molecular weight excluding hydrogens is 806 g/mol. The van der Waals surface area contributed by atoms with Crippen molar-refractivity contribution in [3.63, 3.8) is 0 Å². The largest absolute Gasteiger partial charge is 0.394 e. The van der Waals surface area contributed by atoms with Crippen LogP contribution in [0.15, 0.2) is 108 Å². The summed E-state index contributed by atoms with van der Waals surface area (Å²) < 4.78 is 57.2. The smallest absolute Gasteiger partial charge is 0.233 e. The Balaban J connectivity index is 1.01. The lowest BCUT2D eigenvalue weighted by Crippen LogP contribution is -2.65. The molecule has 4 aromatic carbocycles. The number of hydrogen-bond acceptors (Lipinski definition) is 14. The topological polar surface area (TPSA) is 244 Å². The lowest BCUT2D eigenvalue weighted by molar-refractivity contribution is -0.341. The Labute approximate surface area is 345 Å². The summed E-state index contributed by atoms with van der Waals surface area (Å²) in [5.74, 6) is -1.69. The van der Waals surface area contributed by atoms with Gasteiger partial charge in [-0.15, -0.1) is 0 Å². The van der Waals surface area contributed by atoms with Crippen molar-refractivity contribution in [1.29, 1.82) is 0 Å². The van der Waals surface area contributed by atoms with Gasteiger partial charge in [0.1, 0.15) is 60.8 Å². The molecule has 0 saturated carbocycles. The maximum atomic E-state index is 13.6. The van der Waals surface area contributed by atoms with Gasteiger partial charge >= 0.3 is 0 Å². The number of benzene rings is 4. The number of sulfone groups is 1. The first-order valence-corrected chi connectivity index (χ1v) is 21.2. The van der Waals surface area contributed by atoms with Gasteiger partial charge in [0.05, 0.1) is 41.9 Å². The van der Waals surface area contributed by atoms with Crippen LogP contribution in [-0.4, -0.2) is 135 Å². The molecule has 3 saturated heterocycles. The Bertz CT molecular complexity index is 2160. The van der Waals surface area contributed by atoms with Crippen molar-refractivity contribution in [2.45, 2.75) is 91.1 Å². The molecule has 15 nitrogen and oxygen atoms in total. The average Bonchev–Trinajstić information content (AvgIpc) is 3.26. The molecular formula is C43H48FNO14S. The third kappa shape index (κ3) is 8.90. The Morgan fingerprint density at radius 2 is 1.30 bits per heavy atom. The highest BCUT2D eigenvalue weighted by Crippen LogP contribution is 2.46. The van der Waals surface area contributed by atoms with Crippen LogP contribution < -0.4 is 4.90 Å². The quantitative estimate of drug-likeness (QED) is 0.0831. The minimum Gasteiger partial charge on any atom is -0.394 e. The zero-order valence-corrected chi connectivity index (χ0v) is 32.9. The predicted octanol–water partition coefficient (Wildman–Crippen LogP) is 1.15. The van der Waals surface area contributed by atoms with E-state index in [4.69, 9.17) is 14.2 Å². The van der Waals surface area contributed by atoms with E-state index in [1.165, 1.54) is 36.4 Å². The van der Waals surface area contributed by atoms with E-state index in [9.17, 15) is 58.5 Å². The minimum absolute atomic E-state index is 0.0767. The molecule has 0 radical (unpaired) electrons. The van der Waals surface area contributed by atoms with E-state index in [0.29, 0.717) is 24.0 Å². The highest BCUT2D eigenvalue weighted by Gasteiger charge is 2.51. The number of para-hydroxylation sites is 1. The second-order valence-electron chi connectivity index (χ2n) is 15.3. The first-order valence-electron chi connectivity index (χ1n) is 19.6. The number of β-lactam (4-membered cyclic amide) rings is 1. The molecule has 3 aliphatic heterocycles. The number of aliphatic hydroxyl groups is 8. The highest BCUT2D eigenvalue weighted by atomic mass is 32.2. The van der Waals surface area contributed by atoms with Gasteiger partial charge in [0.15, 0.2) is 16.1 Å². The highest BCUT2D eigenvalue weighted by molar-refractivity contribution is 7.91. The van der Waals surface area contributed by atoms with Gasteiger partial charge in [0.2, 0.25) is 5.91 Å². The van der Waals surface area contributed by atoms with Gasteiger partial charge in [-0.1, -0.05) is 66.7 Å². The van der Waals surface area contributed by atoms with Crippen molar-refractivity contribution in [1.82, 2.24) is 0 Å². The van der Waals surface area contributed by atoms with Gasteiger partial charge in [-0.05, 0) is 71.5 Å². The summed E-state index contributed by atoms with van der Waals surface area (Å²) in [5.41, 5.74) is 3.60. The van der Waals surface area contributed by atoms with E-state index in [2.05, 4.69) is 0 Å². The summed E-state index contributed by atoms with van der Waals surface area (Å²) in [5, 5.41) is 82.8. The monoisotopic (exact) mass is 853 g/mol. The van der Waals surface area contributed by atoms with E-state index >= 15 is 0 Å². The standard InChI is InChI=1S/C43H48FNO14S/c44-27-14-10-25(11-15-27)31(48)19-18-30-35(45(42(30)54)28-4-2-1-3-5-28)26-8-6-23(7-9-26)24-12-16-29(17-13-24)60(55,56)22-34-37(50)39(52)41(33(21-47)57-34)59-43-40(53)38(51)36(49)32(20-46)58-43/h1-17,30-41,43,46-53H,18-22H2/t30-,31+,32?,33?,34+,35-,36-,37?,38+,39-,40?,41-,43+/m1/s1. The molecule has 0 bridgehead atoms. The molecule has 8 N–H and O–H groups in total. The second-order valence-corrected chi connectivity index (χ2v) is 17.4. The molecule has 3 aliphatic rings. The predicted molar refractivity (Wildman–Crippen MR) is 211 cm³/mol. The first kappa shape index (κ1) is 43.9. The number of hydrogen-bond donors (Lipinski definition) is 8. The van der Waals surface area contributed by atoms with Crippen LogP contribution in [0.4, 0.5) is 10.1 Å². The number of carbonyl (C=O) groups excluding carboxylic acids is 1. The third-order valence-electron chi connectivity index (χ3n) is 11.5. The molecule has 13 atom stereocenters. The number of amides is 1. The number of ether oxygens (including phenoxy) is 3. The van der Waals surface area contributed by atoms with Crippen molar-refractivity contribution >= 4 is 21.4 Å². The van der Waals surface area contributed by atoms with Crippen molar-refractivity contribution < 1.29 is 72.7 Å². The van der Waals surface area contributed by atoms with Crippen molar-refractivity contribution in [2.24, 2.45) is 5.92 Å².